The molecule has 1 aromatic heterocycles. The SMILES string of the molecule is CCc1cc(NC(=O)CCc2ccc(OC)c(Cl)c2)n[nH]1. The van der Waals surface area contributed by atoms with Gasteiger partial charge in [-0.05, 0) is 30.5 Å². The fraction of sp³-hybridized carbons (Fsp3) is 0.333. The summed E-state index contributed by atoms with van der Waals surface area (Å²) in [7, 11) is 1.57. The van der Waals surface area contributed by atoms with Crippen LogP contribution in [0.25, 0.3) is 0 Å². The van der Waals surface area contributed by atoms with Gasteiger partial charge in [-0.25, -0.2) is 0 Å². The molecule has 0 spiro atoms. The van der Waals surface area contributed by atoms with Gasteiger partial charge in [0.25, 0.3) is 0 Å². The van der Waals surface area contributed by atoms with Crippen LogP contribution >= 0.6 is 11.6 Å². The van der Waals surface area contributed by atoms with E-state index in [4.69, 9.17) is 16.3 Å². The maximum Gasteiger partial charge on any atom is 0.225 e. The van der Waals surface area contributed by atoms with Gasteiger partial charge in [0.15, 0.2) is 5.82 Å². The average molecular weight is 308 g/mol. The summed E-state index contributed by atoms with van der Waals surface area (Å²) in [6.45, 7) is 2.02. The number of benzene rings is 1. The van der Waals surface area contributed by atoms with Crippen LogP contribution in [-0.4, -0.2) is 23.2 Å². The Balaban J connectivity index is 1.87. The van der Waals surface area contributed by atoms with Gasteiger partial charge in [0.05, 0.1) is 12.1 Å². The Bertz CT molecular complexity index is 625. The number of carbonyl (C=O) groups is 1. The van der Waals surface area contributed by atoms with Crippen LogP contribution in [0.5, 0.6) is 5.75 Å². The number of aromatic nitrogens is 2. The Kier molecular flexibility index (Phi) is 5.22. The van der Waals surface area contributed by atoms with Crippen molar-refractivity contribution in [3.05, 3.63) is 40.5 Å². The molecule has 6 heteroatoms. The molecule has 0 aliphatic heterocycles. The molecular weight excluding hydrogens is 290 g/mol. The highest BCUT2D eigenvalue weighted by molar-refractivity contribution is 6.32. The minimum atomic E-state index is -0.0731. The van der Waals surface area contributed by atoms with Crippen LogP contribution in [-0.2, 0) is 17.6 Å². The number of nitrogens with zero attached hydrogens (tertiary/aromatic N) is 1. The van der Waals surface area contributed by atoms with E-state index in [1.165, 1.54) is 0 Å². The fourth-order valence-corrected chi connectivity index (χ4v) is 2.22. The molecule has 21 heavy (non-hydrogen) atoms. The normalized spacial score (nSPS) is 10.4. The van der Waals surface area contributed by atoms with E-state index in [1.807, 2.05) is 25.1 Å². The summed E-state index contributed by atoms with van der Waals surface area (Å²) in [6, 6.07) is 7.36. The minimum Gasteiger partial charge on any atom is -0.495 e. The Labute approximate surface area is 128 Å². The van der Waals surface area contributed by atoms with E-state index >= 15 is 0 Å². The lowest BCUT2D eigenvalue weighted by Gasteiger charge is -2.06. The lowest BCUT2D eigenvalue weighted by molar-refractivity contribution is -0.116. The zero-order valence-electron chi connectivity index (χ0n) is 12.1. The molecule has 1 heterocycles. The number of methoxy groups -OCH3 is 1. The predicted molar refractivity (Wildman–Crippen MR) is 82.9 cm³/mol. The van der Waals surface area contributed by atoms with Crippen molar-refractivity contribution in [3.8, 4) is 5.75 Å². The fourth-order valence-electron chi connectivity index (χ4n) is 1.94. The second-order valence-corrected chi connectivity index (χ2v) is 5.06. The smallest absolute Gasteiger partial charge is 0.225 e. The molecule has 0 bridgehead atoms. The highest BCUT2D eigenvalue weighted by atomic mass is 35.5. The van der Waals surface area contributed by atoms with E-state index in [9.17, 15) is 4.79 Å². The summed E-state index contributed by atoms with van der Waals surface area (Å²) in [6.07, 6.45) is 1.84. The first kappa shape index (κ1) is 15.4. The van der Waals surface area contributed by atoms with E-state index in [2.05, 4.69) is 15.5 Å². The van der Waals surface area contributed by atoms with Gasteiger partial charge in [-0.2, -0.15) is 5.10 Å². The van der Waals surface area contributed by atoms with Gasteiger partial charge in [-0.3, -0.25) is 9.89 Å². The van der Waals surface area contributed by atoms with E-state index in [-0.39, 0.29) is 5.91 Å². The molecule has 0 atom stereocenters. The summed E-state index contributed by atoms with van der Waals surface area (Å²) in [5.41, 5.74) is 1.99. The van der Waals surface area contributed by atoms with Crippen molar-refractivity contribution in [1.29, 1.82) is 0 Å². The van der Waals surface area contributed by atoms with Gasteiger partial charge in [0.1, 0.15) is 5.75 Å². The zero-order chi connectivity index (χ0) is 15.2. The maximum atomic E-state index is 11.9. The monoisotopic (exact) mass is 307 g/mol. The van der Waals surface area contributed by atoms with Crippen molar-refractivity contribution < 1.29 is 9.53 Å². The number of H-pyrrole nitrogens is 1. The Hall–Kier alpha value is -2.01. The number of rotatable bonds is 6. The first-order chi connectivity index (χ1) is 10.1. The lowest BCUT2D eigenvalue weighted by atomic mass is 10.1. The predicted octanol–water partition coefficient (Wildman–Crippen LogP) is 3.21. The number of hydrogen-bond donors (Lipinski definition) is 2. The molecule has 2 N–H and O–H groups in total. The number of hydrogen-bond acceptors (Lipinski definition) is 3. The van der Waals surface area contributed by atoms with E-state index in [0.717, 1.165) is 17.7 Å². The summed E-state index contributed by atoms with van der Waals surface area (Å²) in [4.78, 5) is 11.9. The minimum absolute atomic E-state index is 0.0731. The number of carbonyl (C=O) groups excluding carboxylic acids is 1. The summed E-state index contributed by atoms with van der Waals surface area (Å²) in [5.74, 6) is 1.12. The maximum absolute atomic E-state index is 11.9. The van der Waals surface area contributed by atoms with Gasteiger partial charge >= 0.3 is 0 Å². The Morgan fingerprint density at radius 2 is 2.24 bits per heavy atom. The lowest BCUT2D eigenvalue weighted by Crippen LogP contribution is -2.12. The first-order valence-electron chi connectivity index (χ1n) is 6.79. The summed E-state index contributed by atoms with van der Waals surface area (Å²) in [5, 5.41) is 10.2. The average Bonchev–Trinajstić information content (AvgIpc) is 2.93. The van der Waals surface area contributed by atoms with Crippen LogP contribution in [0, 0.1) is 0 Å². The largest absolute Gasteiger partial charge is 0.495 e. The first-order valence-corrected chi connectivity index (χ1v) is 7.16. The number of aryl methyl sites for hydroxylation is 2. The van der Waals surface area contributed by atoms with Crippen molar-refractivity contribution in [2.24, 2.45) is 0 Å². The van der Waals surface area contributed by atoms with E-state index < -0.39 is 0 Å². The third-order valence-electron chi connectivity index (χ3n) is 3.14. The van der Waals surface area contributed by atoms with Crippen molar-refractivity contribution in [2.45, 2.75) is 26.2 Å². The van der Waals surface area contributed by atoms with Crippen LogP contribution in [0.15, 0.2) is 24.3 Å². The van der Waals surface area contributed by atoms with Gasteiger partial charge < -0.3 is 10.1 Å². The van der Waals surface area contributed by atoms with E-state index in [1.54, 1.807) is 13.2 Å². The van der Waals surface area contributed by atoms with Crippen LogP contribution in [0.4, 0.5) is 5.82 Å². The van der Waals surface area contributed by atoms with Crippen molar-refractivity contribution in [3.63, 3.8) is 0 Å². The Morgan fingerprint density at radius 3 is 2.86 bits per heavy atom. The number of nitrogens with one attached hydrogen (secondary N) is 2. The highest BCUT2D eigenvalue weighted by Crippen LogP contribution is 2.25. The van der Waals surface area contributed by atoms with Gasteiger partial charge in [-0.15, -0.1) is 0 Å². The highest BCUT2D eigenvalue weighted by Gasteiger charge is 2.07. The van der Waals surface area contributed by atoms with Crippen molar-refractivity contribution in [2.75, 3.05) is 12.4 Å². The van der Waals surface area contributed by atoms with Crippen LogP contribution in [0.1, 0.15) is 24.6 Å². The number of aromatic amines is 1. The quantitative estimate of drug-likeness (QED) is 0.861. The van der Waals surface area contributed by atoms with Crippen LogP contribution in [0.3, 0.4) is 0 Å². The molecule has 0 unspecified atom stereocenters. The number of halogens is 1. The molecule has 1 aromatic carbocycles. The van der Waals surface area contributed by atoms with E-state index in [0.29, 0.717) is 29.4 Å². The van der Waals surface area contributed by atoms with Crippen molar-refractivity contribution in [1.82, 2.24) is 10.2 Å². The molecular formula is C15H18ClN3O2. The van der Waals surface area contributed by atoms with Gasteiger partial charge in [0.2, 0.25) is 5.91 Å². The zero-order valence-corrected chi connectivity index (χ0v) is 12.8. The Morgan fingerprint density at radius 1 is 1.43 bits per heavy atom. The molecule has 0 aliphatic rings. The number of anilines is 1. The third-order valence-corrected chi connectivity index (χ3v) is 3.43. The molecule has 0 saturated carbocycles. The third kappa shape index (κ3) is 4.23. The standard InChI is InChI=1S/C15H18ClN3O2/c1-3-11-9-14(19-18-11)17-15(20)7-5-10-4-6-13(21-2)12(16)8-10/h4,6,8-9H,3,5,7H2,1-2H3,(H2,17,18,19,20). The molecule has 0 saturated heterocycles. The molecule has 5 nitrogen and oxygen atoms in total. The molecule has 0 fully saturated rings. The van der Waals surface area contributed by atoms with Crippen molar-refractivity contribution >= 4 is 23.3 Å². The molecule has 0 radical (unpaired) electrons. The molecule has 1 amide bonds. The van der Waals surface area contributed by atoms with Gasteiger partial charge in [-0.1, -0.05) is 24.6 Å². The number of amides is 1. The second-order valence-electron chi connectivity index (χ2n) is 4.65. The summed E-state index contributed by atoms with van der Waals surface area (Å²) >= 11 is 6.05. The molecule has 112 valence electrons. The van der Waals surface area contributed by atoms with Gasteiger partial charge in [0, 0.05) is 18.2 Å². The number of ether oxygens (including phenoxy) is 1. The molecule has 2 rings (SSSR count). The molecule has 0 aliphatic carbocycles. The summed E-state index contributed by atoms with van der Waals surface area (Å²) < 4.78 is 5.09. The molecule has 2 aromatic rings. The van der Waals surface area contributed by atoms with Crippen LogP contribution in [0.2, 0.25) is 5.02 Å². The second kappa shape index (κ2) is 7.13. The topological polar surface area (TPSA) is 67.0 Å². The van der Waals surface area contributed by atoms with Crippen LogP contribution < -0.4 is 10.1 Å².